The Morgan fingerprint density at radius 2 is 1.65 bits per heavy atom. The number of esters is 1. The van der Waals surface area contributed by atoms with Crippen LogP contribution in [-0.4, -0.2) is 38.9 Å². The first-order valence-corrected chi connectivity index (χ1v) is 10.6. The normalized spacial score (nSPS) is 11.3. The fourth-order valence-electron chi connectivity index (χ4n) is 3.31. The summed E-state index contributed by atoms with van der Waals surface area (Å²) >= 11 is 0. The predicted molar refractivity (Wildman–Crippen MR) is 124 cm³/mol. The molecule has 0 amide bonds. The molecule has 180 valence electrons. The minimum atomic E-state index is -0.638. The highest BCUT2D eigenvalue weighted by molar-refractivity contribution is 5.94. The van der Waals surface area contributed by atoms with Crippen molar-refractivity contribution >= 4 is 33.9 Å². The van der Waals surface area contributed by atoms with Crippen LogP contribution in [-0.2, 0) is 16.1 Å². The van der Waals surface area contributed by atoms with Gasteiger partial charge in [0.05, 0.1) is 24.4 Å². The van der Waals surface area contributed by atoms with Gasteiger partial charge in [-0.25, -0.2) is 22.9 Å². The van der Waals surface area contributed by atoms with Crippen LogP contribution in [0.25, 0.3) is 21.8 Å². The van der Waals surface area contributed by atoms with E-state index in [-0.39, 0.29) is 12.4 Å². The van der Waals surface area contributed by atoms with E-state index in [2.05, 4.69) is 4.98 Å². The molecule has 0 unspecified atom stereocenters. The number of hydrogen-bond acceptors (Lipinski definition) is 5. The molecule has 0 bridgehead atoms. The second kappa shape index (κ2) is 10.0. The topological polar surface area (TPSA) is 93.5 Å². The van der Waals surface area contributed by atoms with Crippen molar-refractivity contribution in [1.82, 2.24) is 9.55 Å². The summed E-state index contributed by atoms with van der Waals surface area (Å²) < 4.78 is 37.4. The Kier molecular flexibility index (Phi) is 7.36. The van der Waals surface area contributed by atoms with Gasteiger partial charge in [-0.2, -0.15) is 0 Å². The number of benzene rings is 2. The standard InChI is InChI=1S/C14H16FNO3.C11H10FNO2/c1-14(2,3)19-13(18)16-11(8-17)7-9-6-10(15)4-5-12(9)16;1-2-15-11(14)10-6-7-5-8(12)3-4-9(7)13-10/h4-7,17H,8H2,1-3H3;3-6,13H,2H2,1H3. The van der Waals surface area contributed by atoms with E-state index in [1.807, 2.05) is 0 Å². The molecule has 0 aliphatic heterocycles. The van der Waals surface area contributed by atoms with Crippen LogP contribution in [0.4, 0.5) is 13.6 Å². The summed E-state index contributed by atoms with van der Waals surface area (Å²) in [5.74, 6) is -1.13. The van der Waals surface area contributed by atoms with Gasteiger partial charge in [0.2, 0.25) is 0 Å². The first-order valence-electron chi connectivity index (χ1n) is 10.6. The maximum atomic E-state index is 13.2. The molecule has 34 heavy (non-hydrogen) atoms. The first-order chi connectivity index (χ1) is 16.0. The van der Waals surface area contributed by atoms with Crippen molar-refractivity contribution in [1.29, 1.82) is 0 Å². The van der Waals surface area contributed by atoms with Crippen LogP contribution >= 0.6 is 0 Å². The number of carbonyl (C=O) groups excluding carboxylic acids is 2. The highest BCUT2D eigenvalue weighted by atomic mass is 19.1. The van der Waals surface area contributed by atoms with Crippen molar-refractivity contribution in [2.75, 3.05) is 6.61 Å². The third-order valence-electron chi connectivity index (χ3n) is 4.66. The molecule has 2 heterocycles. The van der Waals surface area contributed by atoms with E-state index >= 15 is 0 Å². The van der Waals surface area contributed by atoms with Crippen LogP contribution < -0.4 is 0 Å². The Balaban J connectivity index is 0.000000196. The third kappa shape index (κ3) is 5.79. The van der Waals surface area contributed by atoms with Crippen LogP contribution in [0, 0.1) is 11.6 Å². The van der Waals surface area contributed by atoms with Crippen molar-refractivity contribution in [3.8, 4) is 0 Å². The van der Waals surface area contributed by atoms with Crippen molar-refractivity contribution in [2.45, 2.75) is 39.9 Å². The largest absolute Gasteiger partial charge is 0.461 e. The first kappa shape index (κ1) is 24.9. The number of fused-ring (bicyclic) bond motifs is 2. The van der Waals surface area contributed by atoms with Crippen LogP contribution in [0.15, 0.2) is 48.5 Å². The highest BCUT2D eigenvalue weighted by Gasteiger charge is 2.22. The Hall–Kier alpha value is -3.72. The van der Waals surface area contributed by atoms with Crippen LogP contribution in [0.5, 0.6) is 0 Å². The molecule has 0 aliphatic carbocycles. The number of carbonyl (C=O) groups is 2. The molecule has 4 rings (SSSR count). The van der Waals surface area contributed by atoms with Crippen LogP contribution in [0.2, 0.25) is 0 Å². The van der Waals surface area contributed by atoms with Crippen LogP contribution in [0.1, 0.15) is 43.9 Å². The Morgan fingerprint density at radius 1 is 1.00 bits per heavy atom. The van der Waals surface area contributed by atoms with E-state index in [0.29, 0.717) is 34.3 Å². The number of hydrogen-bond donors (Lipinski definition) is 2. The number of H-pyrrole nitrogens is 1. The van der Waals surface area contributed by atoms with E-state index in [9.17, 15) is 23.5 Å². The molecule has 2 aromatic heterocycles. The van der Waals surface area contributed by atoms with E-state index in [1.165, 1.54) is 34.9 Å². The van der Waals surface area contributed by atoms with E-state index in [0.717, 1.165) is 5.52 Å². The SMILES string of the molecule is CC(C)(C)OC(=O)n1c(CO)cc2cc(F)ccc21.CCOC(=O)c1cc2cc(F)ccc2[nH]1. The van der Waals surface area contributed by atoms with Crippen molar-refractivity contribution in [2.24, 2.45) is 0 Å². The lowest BCUT2D eigenvalue weighted by Gasteiger charge is -2.20. The molecule has 0 saturated heterocycles. The minimum absolute atomic E-state index is 0.322. The zero-order valence-electron chi connectivity index (χ0n) is 19.3. The van der Waals surface area contributed by atoms with Gasteiger partial charge in [0, 0.05) is 16.3 Å². The van der Waals surface area contributed by atoms with Crippen molar-refractivity contribution < 1.29 is 33.0 Å². The monoisotopic (exact) mass is 472 g/mol. The number of ether oxygens (including phenoxy) is 2. The Bertz CT molecular complexity index is 1330. The number of rotatable bonds is 3. The Morgan fingerprint density at radius 3 is 2.26 bits per heavy atom. The van der Waals surface area contributed by atoms with E-state index in [1.54, 1.807) is 45.9 Å². The number of aromatic amines is 1. The molecule has 0 radical (unpaired) electrons. The second-order valence-electron chi connectivity index (χ2n) is 8.45. The van der Waals surface area contributed by atoms with Gasteiger partial charge in [-0.1, -0.05) is 0 Å². The fraction of sp³-hybridized carbons (Fsp3) is 0.280. The second-order valence-corrected chi connectivity index (χ2v) is 8.45. The molecular formula is C25H26F2N2O5. The summed E-state index contributed by atoms with van der Waals surface area (Å²) in [7, 11) is 0. The minimum Gasteiger partial charge on any atom is -0.461 e. The molecule has 0 atom stereocenters. The summed E-state index contributed by atoms with van der Waals surface area (Å²) in [6.07, 6.45) is -0.585. The van der Waals surface area contributed by atoms with Gasteiger partial charge in [-0.3, -0.25) is 0 Å². The van der Waals surface area contributed by atoms with Gasteiger partial charge in [0.25, 0.3) is 0 Å². The molecule has 0 spiro atoms. The molecule has 7 nitrogen and oxygen atoms in total. The third-order valence-corrected chi connectivity index (χ3v) is 4.66. The fourth-order valence-corrected chi connectivity index (χ4v) is 3.31. The zero-order valence-corrected chi connectivity index (χ0v) is 19.3. The summed E-state index contributed by atoms with van der Waals surface area (Å²) in [5, 5.41) is 10.5. The van der Waals surface area contributed by atoms with Gasteiger partial charge in [0.1, 0.15) is 22.9 Å². The number of halogens is 2. The van der Waals surface area contributed by atoms with Crippen LogP contribution in [0.3, 0.4) is 0 Å². The van der Waals surface area contributed by atoms with Crippen molar-refractivity contribution in [3.05, 3.63) is 71.6 Å². The predicted octanol–water partition coefficient (Wildman–Crippen LogP) is 5.54. The average molecular weight is 472 g/mol. The molecule has 2 N–H and O–H groups in total. The zero-order chi connectivity index (χ0) is 25.0. The number of aromatic nitrogens is 2. The number of aliphatic hydroxyl groups excluding tert-OH is 1. The lowest BCUT2D eigenvalue weighted by molar-refractivity contribution is 0.0515. The summed E-state index contributed by atoms with van der Waals surface area (Å²) in [6.45, 7) is 7.01. The summed E-state index contributed by atoms with van der Waals surface area (Å²) in [4.78, 5) is 26.4. The number of aliphatic hydroxyl groups is 1. The molecule has 0 fully saturated rings. The molecule has 9 heteroatoms. The van der Waals surface area contributed by atoms with Gasteiger partial charge in [0.15, 0.2) is 0 Å². The van der Waals surface area contributed by atoms with Gasteiger partial charge >= 0.3 is 12.1 Å². The maximum Gasteiger partial charge on any atom is 0.419 e. The molecule has 0 aliphatic rings. The molecular weight excluding hydrogens is 446 g/mol. The Labute approximate surface area is 194 Å². The molecule has 0 saturated carbocycles. The van der Waals surface area contributed by atoms with Gasteiger partial charge in [-0.15, -0.1) is 0 Å². The smallest absolute Gasteiger partial charge is 0.419 e. The van der Waals surface area contributed by atoms with Crippen molar-refractivity contribution in [3.63, 3.8) is 0 Å². The average Bonchev–Trinajstić information content (AvgIpc) is 3.33. The number of nitrogens with one attached hydrogen (secondary N) is 1. The van der Waals surface area contributed by atoms with Gasteiger partial charge < -0.3 is 19.6 Å². The molecule has 2 aromatic carbocycles. The molecule has 4 aromatic rings. The lowest BCUT2D eigenvalue weighted by Crippen LogP contribution is -2.28. The highest BCUT2D eigenvalue weighted by Crippen LogP contribution is 2.23. The maximum absolute atomic E-state index is 13.2. The van der Waals surface area contributed by atoms with Gasteiger partial charge in [-0.05, 0) is 76.2 Å². The van der Waals surface area contributed by atoms with E-state index < -0.39 is 23.5 Å². The number of nitrogens with zero attached hydrogens (tertiary/aromatic N) is 1. The lowest BCUT2D eigenvalue weighted by atomic mass is 10.2. The van der Waals surface area contributed by atoms with E-state index in [4.69, 9.17) is 9.47 Å². The summed E-state index contributed by atoms with van der Waals surface area (Å²) in [6, 6.07) is 11.5. The summed E-state index contributed by atoms with van der Waals surface area (Å²) in [5.41, 5.74) is 1.31. The quantitative estimate of drug-likeness (QED) is 0.382.